The summed E-state index contributed by atoms with van der Waals surface area (Å²) in [5, 5.41) is 5.14. The number of benzene rings is 2. The lowest BCUT2D eigenvalue weighted by Gasteiger charge is -2.12. The molecule has 0 bridgehead atoms. The first kappa shape index (κ1) is 17.4. The average molecular weight is 396 g/mol. The quantitative estimate of drug-likeness (QED) is 0.704. The predicted molar refractivity (Wildman–Crippen MR) is 98.0 cm³/mol. The lowest BCUT2D eigenvalue weighted by Crippen LogP contribution is -2.34. The van der Waals surface area contributed by atoms with Crippen molar-refractivity contribution in [2.24, 2.45) is 0 Å². The van der Waals surface area contributed by atoms with E-state index in [-0.39, 0.29) is 23.8 Å². The van der Waals surface area contributed by atoms with Gasteiger partial charge in [0, 0.05) is 23.9 Å². The number of rotatable bonds is 4. The third-order valence-electron chi connectivity index (χ3n) is 4.81. The van der Waals surface area contributed by atoms with E-state index in [1.54, 1.807) is 18.3 Å². The average Bonchev–Trinajstić information content (AvgIpc) is 3.22. The van der Waals surface area contributed by atoms with Crippen molar-refractivity contribution in [2.45, 2.75) is 18.1 Å². The molecule has 0 unspecified atom stereocenters. The Morgan fingerprint density at radius 3 is 2.83 bits per heavy atom. The Morgan fingerprint density at radius 1 is 1.14 bits per heavy atom. The molecule has 2 aromatic carbocycles. The standard InChI is InChI=1S/C20H14F2N4O3/c21-10-1-3-14(13(22)7-10)25-20(27)26-18-17-12-8-11(2-4-15(12)29-19(17)18)28-16-5-6-23-9-24-16/h1-9,17-19H,(H2,25,26,27)/t17-,18-,19-/m0/s1. The van der Waals surface area contributed by atoms with Crippen molar-refractivity contribution in [3.63, 3.8) is 0 Å². The van der Waals surface area contributed by atoms with Gasteiger partial charge in [0.25, 0.3) is 0 Å². The molecule has 3 aromatic rings. The first-order chi connectivity index (χ1) is 14.1. The highest BCUT2D eigenvalue weighted by Crippen LogP contribution is 2.54. The van der Waals surface area contributed by atoms with Crippen LogP contribution >= 0.6 is 0 Å². The normalized spacial score (nSPS) is 20.8. The number of carbonyl (C=O) groups is 1. The van der Waals surface area contributed by atoms with Gasteiger partial charge in [-0.3, -0.25) is 0 Å². The summed E-state index contributed by atoms with van der Waals surface area (Å²) in [5.74, 6) is 0.164. The third-order valence-corrected chi connectivity index (χ3v) is 4.81. The van der Waals surface area contributed by atoms with E-state index in [0.717, 1.165) is 17.4 Å². The number of amides is 2. The van der Waals surface area contributed by atoms with Crippen LogP contribution in [0, 0.1) is 11.6 Å². The Bertz CT molecular complexity index is 1100. The van der Waals surface area contributed by atoms with Crippen molar-refractivity contribution in [1.29, 1.82) is 0 Å². The molecule has 1 aromatic heterocycles. The zero-order chi connectivity index (χ0) is 20.0. The van der Waals surface area contributed by atoms with Gasteiger partial charge in [0.15, 0.2) is 0 Å². The number of anilines is 1. The first-order valence-electron chi connectivity index (χ1n) is 8.85. The van der Waals surface area contributed by atoms with Crippen LogP contribution in [0.2, 0.25) is 0 Å². The van der Waals surface area contributed by atoms with Gasteiger partial charge in [-0.05, 0) is 30.3 Å². The van der Waals surface area contributed by atoms with Crippen molar-refractivity contribution in [1.82, 2.24) is 15.3 Å². The fraction of sp³-hybridized carbons (Fsp3) is 0.150. The highest BCUT2D eigenvalue weighted by molar-refractivity contribution is 5.90. The zero-order valence-electron chi connectivity index (χ0n) is 14.8. The summed E-state index contributed by atoms with van der Waals surface area (Å²) in [5.41, 5.74) is 0.816. The van der Waals surface area contributed by atoms with Gasteiger partial charge >= 0.3 is 6.03 Å². The van der Waals surface area contributed by atoms with Crippen LogP contribution in [0.15, 0.2) is 55.0 Å². The molecule has 5 rings (SSSR count). The smallest absolute Gasteiger partial charge is 0.319 e. The summed E-state index contributed by atoms with van der Waals surface area (Å²) >= 11 is 0. The van der Waals surface area contributed by atoms with Gasteiger partial charge in [-0.1, -0.05) is 0 Å². The molecule has 2 amide bonds. The van der Waals surface area contributed by atoms with Crippen LogP contribution in [0.4, 0.5) is 19.3 Å². The molecule has 0 radical (unpaired) electrons. The molecule has 2 aliphatic rings. The number of hydrogen-bond donors (Lipinski definition) is 2. The van der Waals surface area contributed by atoms with Gasteiger partial charge in [-0.25, -0.2) is 23.5 Å². The van der Waals surface area contributed by atoms with E-state index in [2.05, 4.69) is 20.6 Å². The molecule has 0 saturated heterocycles. The lowest BCUT2D eigenvalue weighted by atomic mass is 10.1. The number of carbonyl (C=O) groups excluding carboxylic acids is 1. The topological polar surface area (TPSA) is 85.4 Å². The van der Waals surface area contributed by atoms with Crippen molar-refractivity contribution in [2.75, 3.05) is 5.32 Å². The molecule has 3 atom stereocenters. The third kappa shape index (κ3) is 3.31. The van der Waals surface area contributed by atoms with Gasteiger partial charge in [0.05, 0.1) is 17.6 Å². The second-order valence-electron chi connectivity index (χ2n) is 6.71. The maximum atomic E-state index is 13.7. The molecule has 9 heteroatoms. The molecule has 29 heavy (non-hydrogen) atoms. The van der Waals surface area contributed by atoms with E-state index >= 15 is 0 Å². The monoisotopic (exact) mass is 396 g/mol. The van der Waals surface area contributed by atoms with E-state index in [1.807, 2.05) is 12.1 Å². The zero-order valence-corrected chi connectivity index (χ0v) is 14.8. The number of urea groups is 1. The molecular formula is C20H14F2N4O3. The molecule has 1 fully saturated rings. The molecular weight excluding hydrogens is 382 g/mol. The van der Waals surface area contributed by atoms with Gasteiger partial charge < -0.3 is 20.1 Å². The summed E-state index contributed by atoms with van der Waals surface area (Å²) in [4.78, 5) is 20.0. The SMILES string of the molecule is O=C(Nc1ccc(F)cc1F)N[C@@H]1[C@H]2Oc3ccc(Oc4ccncn4)cc3[C@@H]12. The Labute approximate surface area is 163 Å². The van der Waals surface area contributed by atoms with Crippen molar-refractivity contribution in [3.05, 3.63) is 72.2 Å². The van der Waals surface area contributed by atoms with Crippen molar-refractivity contribution >= 4 is 11.7 Å². The highest BCUT2D eigenvalue weighted by atomic mass is 19.1. The van der Waals surface area contributed by atoms with E-state index in [4.69, 9.17) is 9.47 Å². The van der Waals surface area contributed by atoms with E-state index in [9.17, 15) is 13.6 Å². The molecule has 1 aliphatic carbocycles. The largest absolute Gasteiger partial charge is 0.487 e. The molecule has 0 spiro atoms. The number of aromatic nitrogens is 2. The fourth-order valence-electron chi connectivity index (χ4n) is 3.44. The Kier molecular flexibility index (Phi) is 4.01. The van der Waals surface area contributed by atoms with Crippen LogP contribution in [-0.4, -0.2) is 28.1 Å². The first-order valence-corrected chi connectivity index (χ1v) is 8.85. The summed E-state index contributed by atoms with van der Waals surface area (Å²) < 4.78 is 38.2. The highest BCUT2D eigenvalue weighted by Gasteiger charge is 2.59. The number of ether oxygens (including phenoxy) is 2. The Morgan fingerprint density at radius 2 is 2.03 bits per heavy atom. The van der Waals surface area contributed by atoms with Gasteiger partial charge in [-0.15, -0.1) is 0 Å². The summed E-state index contributed by atoms with van der Waals surface area (Å²) in [7, 11) is 0. The van der Waals surface area contributed by atoms with Crippen LogP contribution in [-0.2, 0) is 0 Å². The maximum Gasteiger partial charge on any atom is 0.319 e. The number of nitrogens with one attached hydrogen (secondary N) is 2. The van der Waals surface area contributed by atoms with E-state index < -0.39 is 17.7 Å². The van der Waals surface area contributed by atoms with Gasteiger partial charge in [0.1, 0.15) is 35.6 Å². The van der Waals surface area contributed by atoms with Crippen LogP contribution in [0.25, 0.3) is 0 Å². The van der Waals surface area contributed by atoms with Gasteiger partial charge in [0.2, 0.25) is 5.88 Å². The van der Waals surface area contributed by atoms with E-state index in [0.29, 0.717) is 17.7 Å². The molecule has 2 N–H and O–H groups in total. The van der Waals surface area contributed by atoms with Crippen molar-refractivity contribution in [3.8, 4) is 17.4 Å². The number of nitrogens with zero attached hydrogens (tertiary/aromatic N) is 2. The van der Waals surface area contributed by atoms with Gasteiger partial charge in [-0.2, -0.15) is 0 Å². The predicted octanol–water partition coefficient (Wildman–Crippen LogP) is 3.60. The van der Waals surface area contributed by atoms with Crippen LogP contribution in [0.3, 0.4) is 0 Å². The second-order valence-corrected chi connectivity index (χ2v) is 6.71. The molecule has 1 aliphatic heterocycles. The number of fused-ring (bicyclic) bond motifs is 3. The minimum Gasteiger partial charge on any atom is -0.487 e. The maximum absolute atomic E-state index is 13.7. The number of halogens is 2. The number of hydrogen-bond acceptors (Lipinski definition) is 5. The minimum absolute atomic E-state index is 0.0252. The van der Waals surface area contributed by atoms with Crippen LogP contribution < -0.4 is 20.1 Å². The Hall–Kier alpha value is -3.75. The summed E-state index contributed by atoms with van der Waals surface area (Å²) in [6.07, 6.45) is 2.78. The molecule has 2 heterocycles. The van der Waals surface area contributed by atoms with Crippen molar-refractivity contribution < 1.29 is 23.0 Å². The fourth-order valence-corrected chi connectivity index (χ4v) is 3.44. The van der Waals surface area contributed by atoms with E-state index in [1.165, 1.54) is 12.4 Å². The Balaban J connectivity index is 1.25. The summed E-state index contributed by atoms with van der Waals surface area (Å²) in [6, 6.07) is 9.19. The minimum atomic E-state index is -0.843. The molecule has 1 saturated carbocycles. The lowest BCUT2D eigenvalue weighted by molar-refractivity contribution is 0.246. The summed E-state index contributed by atoms with van der Waals surface area (Å²) in [6.45, 7) is 0. The molecule has 146 valence electrons. The van der Waals surface area contributed by atoms with Crippen LogP contribution in [0.1, 0.15) is 11.5 Å². The second kappa shape index (κ2) is 6.69. The van der Waals surface area contributed by atoms with Crippen LogP contribution in [0.5, 0.6) is 17.4 Å². The molecule has 7 nitrogen and oxygen atoms in total.